The minimum atomic E-state index is -4.43. The Kier molecular flexibility index (Phi) is 5.17. The maximum Gasteiger partial charge on any atom is 0.416 e. The number of nitrogens with zero attached hydrogens (tertiary/aromatic N) is 4. The number of halogens is 4. The van der Waals surface area contributed by atoms with Gasteiger partial charge in [0.15, 0.2) is 0 Å². The molecule has 1 aromatic heterocycles. The van der Waals surface area contributed by atoms with Crippen LogP contribution in [0.5, 0.6) is 0 Å². The predicted octanol–water partition coefficient (Wildman–Crippen LogP) is 6.00. The number of rotatable bonds is 3. The molecule has 0 spiro atoms. The van der Waals surface area contributed by atoms with Crippen molar-refractivity contribution in [1.29, 1.82) is 0 Å². The third kappa shape index (κ3) is 3.87. The molecule has 4 aromatic rings. The summed E-state index contributed by atoms with van der Waals surface area (Å²) in [7, 11) is 0. The van der Waals surface area contributed by atoms with Crippen LogP contribution >= 0.6 is 11.6 Å². The van der Waals surface area contributed by atoms with Gasteiger partial charge in [-0.2, -0.15) is 23.4 Å². The van der Waals surface area contributed by atoms with Crippen LogP contribution < -0.4 is 10.4 Å². The largest absolute Gasteiger partial charge is 0.416 e. The van der Waals surface area contributed by atoms with Gasteiger partial charge in [-0.05, 0) is 36.4 Å². The summed E-state index contributed by atoms with van der Waals surface area (Å²) in [6.45, 7) is 0. The predicted molar refractivity (Wildman–Crippen MR) is 122 cm³/mol. The van der Waals surface area contributed by atoms with E-state index in [1.807, 2.05) is 30.3 Å². The molecule has 2 heterocycles. The van der Waals surface area contributed by atoms with Crippen molar-refractivity contribution in [2.24, 2.45) is 5.10 Å². The number of aromatic nitrogens is 2. The van der Waals surface area contributed by atoms with E-state index in [0.29, 0.717) is 17.1 Å². The van der Waals surface area contributed by atoms with Crippen molar-refractivity contribution in [2.45, 2.75) is 18.6 Å². The van der Waals surface area contributed by atoms with E-state index in [2.05, 4.69) is 10.2 Å². The molecule has 5 rings (SSSR count). The smallest absolute Gasteiger partial charge is 0.288 e. The fourth-order valence-corrected chi connectivity index (χ4v) is 4.15. The Morgan fingerprint density at radius 3 is 2.39 bits per heavy atom. The van der Waals surface area contributed by atoms with Crippen LogP contribution in [0.2, 0.25) is 5.02 Å². The van der Waals surface area contributed by atoms with Crippen molar-refractivity contribution in [3.63, 3.8) is 0 Å². The molecular weight excluding hydrogens is 453 g/mol. The van der Waals surface area contributed by atoms with E-state index >= 15 is 0 Å². The summed E-state index contributed by atoms with van der Waals surface area (Å²) in [6, 6.07) is 16.8. The fourth-order valence-electron chi connectivity index (χ4n) is 3.92. The highest BCUT2D eigenvalue weighted by atomic mass is 35.5. The van der Waals surface area contributed by atoms with Gasteiger partial charge in [0, 0.05) is 40.7 Å². The molecule has 33 heavy (non-hydrogen) atoms. The molecule has 1 unspecified atom stereocenters. The number of alkyl halides is 3. The second-order valence-electron chi connectivity index (χ2n) is 7.56. The Bertz CT molecular complexity index is 1430. The number of anilines is 1. The molecule has 0 fully saturated rings. The van der Waals surface area contributed by atoms with Crippen LogP contribution in [0.15, 0.2) is 82.8 Å². The Morgan fingerprint density at radius 1 is 0.939 bits per heavy atom. The van der Waals surface area contributed by atoms with Gasteiger partial charge in [-0.3, -0.25) is 9.80 Å². The first-order chi connectivity index (χ1) is 15.8. The van der Waals surface area contributed by atoms with Gasteiger partial charge in [-0.1, -0.05) is 35.9 Å². The minimum Gasteiger partial charge on any atom is -0.288 e. The molecule has 0 amide bonds. The lowest BCUT2D eigenvalue weighted by Gasteiger charge is -2.25. The monoisotopic (exact) mass is 468 g/mol. The summed E-state index contributed by atoms with van der Waals surface area (Å²) >= 11 is 6.35. The van der Waals surface area contributed by atoms with Crippen LogP contribution in [0.1, 0.15) is 23.7 Å². The van der Waals surface area contributed by atoms with Crippen LogP contribution in [0, 0.1) is 0 Å². The van der Waals surface area contributed by atoms with E-state index in [0.717, 1.165) is 28.6 Å². The summed E-state index contributed by atoms with van der Waals surface area (Å²) in [4.78, 5) is 12.7. The molecule has 1 atom stereocenters. The Labute approximate surface area is 191 Å². The lowest BCUT2D eigenvalue weighted by atomic mass is 10.1. The Hall–Kier alpha value is -3.65. The molecule has 5 nitrogen and oxygen atoms in total. The summed E-state index contributed by atoms with van der Waals surface area (Å²) in [5.74, 6) is 0. The molecule has 0 saturated carbocycles. The quantitative estimate of drug-likeness (QED) is 0.371. The van der Waals surface area contributed by atoms with Crippen molar-refractivity contribution in [1.82, 2.24) is 9.78 Å². The number of hydrogen-bond donors (Lipinski definition) is 0. The molecule has 0 saturated heterocycles. The Balaban J connectivity index is 1.55. The van der Waals surface area contributed by atoms with Crippen LogP contribution in [0.3, 0.4) is 0 Å². The Morgan fingerprint density at radius 2 is 1.67 bits per heavy atom. The zero-order chi connectivity index (χ0) is 23.2. The fraction of sp³-hybridized carbons (Fsp3) is 0.125. The lowest BCUT2D eigenvalue weighted by molar-refractivity contribution is -0.137. The molecule has 1 aliphatic heterocycles. The molecule has 0 N–H and O–H groups in total. The standard InChI is InChI=1S/C24H16ClF3N4O/c25-19-9-10-20(18-4-2-1-3-17(18)19)32-21(11-13-29-32)23-22(33)12-14-31(30-23)16-7-5-15(6-8-16)24(26,27)28/h1-10,12-14,21H,11H2. The lowest BCUT2D eigenvalue weighted by Crippen LogP contribution is -2.27. The van der Waals surface area contributed by atoms with Gasteiger partial charge in [-0.25, -0.2) is 4.68 Å². The number of hydrazone groups is 1. The molecule has 0 radical (unpaired) electrons. The van der Waals surface area contributed by atoms with E-state index in [1.165, 1.54) is 29.1 Å². The summed E-state index contributed by atoms with van der Waals surface area (Å²) in [5, 5.41) is 13.0. The number of fused-ring (bicyclic) bond motifs is 1. The molecule has 0 aliphatic carbocycles. The van der Waals surface area contributed by atoms with Crippen LogP contribution in [-0.2, 0) is 6.18 Å². The zero-order valence-corrected chi connectivity index (χ0v) is 17.8. The minimum absolute atomic E-state index is 0.244. The van der Waals surface area contributed by atoms with Gasteiger partial charge in [0.1, 0.15) is 11.7 Å². The van der Waals surface area contributed by atoms with Gasteiger partial charge in [0.05, 0.1) is 16.9 Å². The van der Waals surface area contributed by atoms with E-state index in [4.69, 9.17) is 11.6 Å². The van der Waals surface area contributed by atoms with Crippen molar-refractivity contribution < 1.29 is 13.2 Å². The van der Waals surface area contributed by atoms with E-state index in [1.54, 1.807) is 17.3 Å². The van der Waals surface area contributed by atoms with Crippen LogP contribution in [0.25, 0.3) is 16.5 Å². The summed E-state index contributed by atoms with van der Waals surface area (Å²) in [6.07, 6.45) is -0.823. The topological polar surface area (TPSA) is 50.5 Å². The molecule has 0 bridgehead atoms. The summed E-state index contributed by atoms with van der Waals surface area (Å²) in [5.41, 5.74) is 0.398. The van der Waals surface area contributed by atoms with Gasteiger partial charge in [0.2, 0.25) is 5.43 Å². The molecule has 166 valence electrons. The van der Waals surface area contributed by atoms with Crippen molar-refractivity contribution in [3.05, 3.63) is 99.4 Å². The maximum absolute atomic E-state index is 12.9. The average molecular weight is 469 g/mol. The SMILES string of the molecule is O=c1ccn(-c2ccc(C(F)(F)F)cc2)nc1C1CC=NN1c1ccc(Cl)c2ccccc12. The highest BCUT2D eigenvalue weighted by Gasteiger charge is 2.31. The highest BCUT2D eigenvalue weighted by Crippen LogP contribution is 2.38. The normalized spacial score (nSPS) is 16.0. The maximum atomic E-state index is 12.9. The number of benzene rings is 3. The third-order valence-corrected chi connectivity index (χ3v) is 5.86. The van der Waals surface area contributed by atoms with Gasteiger partial charge >= 0.3 is 6.18 Å². The average Bonchev–Trinajstić information content (AvgIpc) is 3.29. The van der Waals surface area contributed by atoms with Gasteiger partial charge < -0.3 is 0 Å². The molecule has 3 aromatic carbocycles. The number of hydrogen-bond acceptors (Lipinski definition) is 4. The third-order valence-electron chi connectivity index (χ3n) is 5.53. The van der Waals surface area contributed by atoms with E-state index in [9.17, 15) is 18.0 Å². The summed E-state index contributed by atoms with van der Waals surface area (Å²) < 4.78 is 40.1. The van der Waals surface area contributed by atoms with E-state index in [-0.39, 0.29) is 11.1 Å². The van der Waals surface area contributed by atoms with Gasteiger partial charge in [-0.15, -0.1) is 0 Å². The zero-order valence-electron chi connectivity index (χ0n) is 17.0. The van der Waals surface area contributed by atoms with Crippen LogP contribution in [0.4, 0.5) is 18.9 Å². The van der Waals surface area contributed by atoms with Crippen molar-refractivity contribution >= 4 is 34.3 Å². The van der Waals surface area contributed by atoms with Gasteiger partial charge in [0.25, 0.3) is 0 Å². The molecular formula is C24H16ClF3N4O. The highest BCUT2D eigenvalue weighted by molar-refractivity contribution is 6.36. The molecule has 9 heteroatoms. The second-order valence-corrected chi connectivity index (χ2v) is 7.97. The first-order valence-corrected chi connectivity index (χ1v) is 10.5. The molecule has 1 aliphatic rings. The first-order valence-electron chi connectivity index (χ1n) is 10.1. The van der Waals surface area contributed by atoms with E-state index < -0.39 is 17.8 Å². The second kappa shape index (κ2) is 8.04. The van der Waals surface area contributed by atoms with Crippen LogP contribution in [-0.4, -0.2) is 16.0 Å². The van der Waals surface area contributed by atoms with Crippen molar-refractivity contribution in [2.75, 3.05) is 5.01 Å². The first kappa shape index (κ1) is 21.2. The van der Waals surface area contributed by atoms with Crippen molar-refractivity contribution in [3.8, 4) is 5.69 Å².